The van der Waals surface area contributed by atoms with Crippen LogP contribution in [0.5, 0.6) is 0 Å². The van der Waals surface area contributed by atoms with Gasteiger partial charge in [-0.1, -0.05) is 41.6 Å². The maximum absolute atomic E-state index is 12.0. The lowest BCUT2D eigenvalue weighted by atomic mass is 10.1. The minimum absolute atomic E-state index is 0.147. The maximum atomic E-state index is 12.0. The summed E-state index contributed by atoms with van der Waals surface area (Å²) in [4.78, 5) is 25.3. The molecule has 0 saturated heterocycles. The summed E-state index contributed by atoms with van der Waals surface area (Å²) in [6, 6.07) is 7.02. The zero-order valence-corrected chi connectivity index (χ0v) is 11.8. The van der Waals surface area contributed by atoms with Gasteiger partial charge in [-0.15, -0.1) is 0 Å². The van der Waals surface area contributed by atoms with E-state index in [-0.39, 0.29) is 11.8 Å². The van der Waals surface area contributed by atoms with Gasteiger partial charge in [0.1, 0.15) is 0 Å². The Kier molecular flexibility index (Phi) is 3.81. The van der Waals surface area contributed by atoms with Crippen molar-refractivity contribution in [2.24, 2.45) is 0 Å². The fourth-order valence-corrected chi connectivity index (χ4v) is 2.41. The number of benzene rings is 1. The van der Waals surface area contributed by atoms with Gasteiger partial charge in [0.2, 0.25) is 0 Å². The number of hydrogen-bond donors (Lipinski definition) is 0. The van der Waals surface area contributed by atoms with Crippen molar-refractivity contribution in [2.45, 2.75) is 23.7 Å². The lowest BCUT2D eigenvalue weighted by Gasteiger charge is -2.13. The van der Waals surface area contributed by atoms with Crippen molar-refractivity contribution in [2.75, 3.05) is 6.54 Å². The Hall–Kier alpha value is -0.910. The van der Waals surface area contributed by atoms with Gasteiger partial charge in [-0.3, -0.25) is 14.5 Å². The average molecular weight is 343 g/mol. The van der Waals surface area contributed by atoms with E-state index in [0.717, 1.165) is 12.8 Å². The molecule has 0 N–H and O–H groups in total. The summed E-state index contributed by atoms with van der Waals surface area (Å²) in [5.74, 6) is -0.293. The summed E-state index contributed by atoms with van der Waals surface area (Å²) in [5, 5.41) is 0. The van der Waals surface area contributed by atoms with Gasteiger partial charge >= 0.3 is 0 Å². The molecule has 0 radical (unpaired) electrons. The predicted molar refractivity (Wildman–Crippen MR) is 74.5 cm³/mol. The number of amides is 2. The monoisotopic (exact) mass is 343 g/mol. The van der Waals surface area contributed by atoms with Crippen LogP contribution in [-0.2, 0) is 0 Å². The Morgan fingerprint density at radius 2 is 1.71 bits per heavy atom. The number of rotatable bonds is 4. The van der Waals surface area contributed by atoms with Crippen molar-refractivity contribution in [1.82, 2.24) is 4.90 Å². The van der Waals surface area contributed by atoms with Crippen LogP contribution in [-0.4, -0.2) is 27.2 Å². The lowest BCUT2D eigenvalue weighted by Crippen LogP contribution is -2.30. The molecule has 0 unspecified atom stereocenters. The van der Waals surface area contributed by atoms with Crippen LogP contribution in [0.2, 0.25) is 0 Å². The first-order valence-corrected chi connectivity index (χ1v) is 6.95. The topological polar surface area (TPSA) is 37.4 Å². The normalized spacial score (nSPS) is 16.2. The number of imide groups is 1. The Morgan fingerprint density at radius 1 is 1.18 bits per heavy atom. The molecule has 0 spiro atoms. The van der Waals surface area contributed by atoms with Gasteiger partial charge in [-0.05, 0) is 25.0 Å². The molecular weight excluding hydrogens is 329 g/mol. The second-order valence-electron chi connectivity index (χ2n) is 4.23. The summed E-state index contributed by atoms with van der Waals surface area (Å²) in [6.45, 7) is 2.66. The first kappa shape index (κ1) is 12.5. The molecule has 90 valence electrons. The van der Waals surface area contributed by atoms with Gasteiger partial charge in [-0.2, -0.15) is 0 Å². The molecular formula is C13H14INO2. The van der Waals surface area contributed by atoms with E-state index in [4.69, 9.17) is 0 Å². The van der Waals surface area contributed by atoms with Crippen LogP contribution in [0.15, 0.2) is 24.3 Å². The molecule has 1 aromatic carbocycles. The first-order chi connectivity index (χ1) is 8.11. The van der Waals surface area contributed by atoms with E-state index in [0.29, 0.717) is 21.6 Å². The second-order valence-corrected chi connectivity index (χ2v) is 6.36. The van der Waals surface area contributed by atoms with E-state index < -0.39 is 0 Å². The quantitative estimate of drug-likeness (QED) is 0.479. The van der Waals surface area contributed by atoms with Crippen LogP contribution in [0.4, 0.5) is 0 Å². The maximum Gasteiger partial charge on any atom is 0.261 e. The minimum atomic E-state index is -0.147. The Morgan fingerprint density at radius 3 is 2.18 bits per heavy atom. The standard InChI is InChI=1S/C13H14INO2/c1-9(14)5-4-8-15-12(16)10-6-2-3-7-11(10)13(15)17/h2-3,6-7,9H,4-5,8H2,1H3/t9-/m1/s1. The van der Waals surface area contributed by atoms with E-state index in [2.05, 4.69) is 29.5 Å². The molecule has 1 heterocycles. The van der Waals surface area contributed by atoms with Gasteiger partial charge < -0.3 is 0 Å². The van der Waals surface area contributed by atoms with E-state index in [1.807, 2.05) is 0 Å². The summed E-state index contributed by atoms with van der Waals surface area (Å²) in [6.07, 6.45) is 1.89. The minimum Gasteiger partial charge on any atom is -0.274 e. The molecule has 0 aromatic heterocycles. The van der Waals surface area contributed by atoms with Gasteiger partial charge in [0.15, 0.2) is 0 Å². The molecule has 1 aromatic rings. The van der Waals surface area contributed by atoms with Crippen LogP contribution in [0.1, 0.15) is 40.5 Å². The number of nitrogens with zero attached hydrogens (tertiary/aromatic N) is 1. The van der Waals surface area contributed by atoms with Crippen molar-refractivity contribution in [1.29, 1.82) is 0 Å². The number of carbonyl (C=O) groups is 2. The molecule has 2 amide bonds. The van der Waals surface area contributed by atoms with Gasteiger partial charge in [0, 0.05) is 10.5 Å². The molecule has 0 saturated carbocycles. The average Bonchev–Trinajstić information content (AvgIpc) is 2.54. The highest BCUT2D eigenvalue weighted by molar-refractivity contribution is 14.1. The highest BCUT2D eigenvalue weighted by atomic mass is 127. The third-order valence-corrected chi connectivity index (χ3v) is 3.48. The molecule has 3 nitrogen and oxygen atoms in total. The summed E-state index contributed by atoms with van der Waals surface area (Å²) in [5.41, 5.74) is 1.08. The molecule has 1 aliphatic heterocycles. The first-order valence-electron chi connectivity index (χ1n) is 5.70. The van der Waals surface area contributed by atoms with Gasteiger partial charge in [-0.25, -0.2) is 0 Å². The SMILES string of the molecule is C[C@@H](I)CCCN1C(=O)c2ccccc2C1=O. The Bertz CT molecular complexity index is 421. The summed E-state index contributed by atoms with van der Waals surface area (Å²) < 4.78 is 0.572. The number of alkyl halides is 1. The van der Waals surface area contributed by atoms with Crippen LogP contribution >= 0.6 is 22.6 Å². The third-order valence-electron chi connectivity index (χ3n) is 2.86. The van der Waals surface area contributed by atoms with E-state index >= 15 is 0 Å². The molecule has 2 rings (SSSR count). The molecule has 17 heavy (non-hydrogen) atoms. The number of fused-ring (bicyclic) bond motifs is 1. The third kappa shape index (κ3) is 2.51. The van der Waals surface area contributed by atoms with Crippen molar-refractivity contribution < 1.29 is 9.59 Å². The summed E-state index contributed by atoms with van der Waals surface area (Å²) >= 11 is 2.35. The smallest absolute Gasteiger partial charge is 0.261 e. The van der Waals surface area contributed by atoms with Crippen molar-refractivity contribution in [3.63, 3.8) is 0 Å². The van der Waals surface area contributed by atoms with Crippen molar-refractivity contribution in [3.05, 3.63) is 35.4 Å². The number of hydrogen-bond acceptors (Lipinski definition) is 2. The van der Waals surface area contributed by atoms with Crippen molar-refractivity contribution >= 4 is 34.4 Å². The fraction of sp³-hybridized carbons (Fsp3) is 0.385. The highest BCUT2D eigenvalue weighted by Gasteiger charge is 2.34. The highest BCUT2D eigenvalue weighted by Crippen LogP contribution is 2.23. The van der Waals surface area contributed by atoms with E-state index in [1.165, 1.54) is 4.90 Å². The van der Waals surface area contributed by atoms with Gasteiger partial charge in [0.25, 0.3) is 11.8 Å². The summed E-state index contributed by atoms with van der Waals surface area (Å²) in [7, 11) is 0. The molecule has 0 aliphatic carbocycles. The molecule has 1 aliphatic rings. The Labute approximate surface area is 114 Å². The van der Waals surface area contributed by atoms with Gasteiger partial charge in [0.05, 0.1) is 11.1 Å². The number of carbonyl (C=O) groups excluding carboxylic acids is 2. The molecule has 1 atom stereocenters. The lowest BCUT2D eigenvalue weighted by molar-refractivity contribution is 0.0652. The Balaban J connectivity index is 2.08. The van der Waals surface area contributed by atoms with Crippen LogP contribution in [0, 0.1) is 0 Å². The van der Waals surface area contributed by atoms with Crippen LogP contribution < -0.4 is 0 Å². The van der Waals surface area contributed by atoms with E-state index in [1.54, 1.807) is 24.3 Å². The molecule has 4 heteroatoms. The zero-order chi connectivity index (χ0) is 12.4. The predicted octanol–water partition coefficient (Wildman–Crippen LogP) is 2.89. The van der Waals surface area contributed by atoms with E-state index in [9.17, 15) is 9.59 Å². The van der Waals surface area contributed by atoms with Crippen LogP contribution in [0.3, 0.4) is 0 Å². The fourth-order valence-electron chi connectivity index (χ4n) is 1.97. The largest absolute Gasteiger partial charge is 0.274 e. The zero-order valence-electron chi connectivity index (χ0n) is 9.65. The van der Waals surface area contributed by atoms with Crippen LogP contribution in [0.25, 0.3) is 0 Å². The molecule has 0 fully saturated rings. The number of halogens is 1. The second kappa shape index (κ2) is 5.16. The van der Waals surface area contributed by atoms with Crippen molar-refractivity contribution in [3.8, 4) is 0 Å². The molecule has 0 bridgehead atoms.